The van der Waals surface area contributed by atoms with E-state index >= 15 is 0 Å². The molecule has 0 radical (unpaired) electrons. The molecule has 1 aromatic rings. The molecule has 0 aliphatic rings. The normalized spacial score (nSPS) is 14.9. The van der Waals surface area contributed by atoms with Gasteiger partial charge in [-0.15, -0.1) is 0 Å². The van der Waals surface area contributed by atoms with E-state index in [-0.39, 0.29) is 5.89 Å². The molecule has 1 amide bonds. The fourth-order valence-corrected chi connectivity index (χ4v) is 1.42. The van der Waals surface area contributed by atoms with Gasteiger partial charge in [0.2, 0.25) is 5.89 Å². The van der Waals surface area contributed by atoms with Gasteiger partial charge in [0.05, 0.1) is 12.2 Å². The largest absolute Gasteiger partial charge is 0.446 e. The van der Waals surface area contributed by atoms with Gasteiger partial charge in [0.1, 0.15) is 11.9 Å². The molecule has 0 aliphatic heterocycles. The second kappa shape index (κ2) is 5.86. The highest BCUT2D eigenvalue weighted by Crippen LogP contribution is 2.17. The Morgan fingerprint density at radius 3 is 2.72 bits per heavy atom. The molecule has 18 heavy (non-hydrogen) atoms. The summed E-state index contributed by atoms with van der Waals surface area (Å²) in [6.45, 7) is 7.17. The molecular weight excluding hydrogens is 236 g/mol. The fourth-order valence-electron chi connectivity index (χ4n) is 1.42. The molecule has 0 fully saturated rings. The van der Waals surface area contributed by atoms with Crippen molar-refractivity contribution in [1.82, 2.24) is 10.3 Å². The molecule has 6 heteroatoms. The maximum absolute atomic E-state index is 11.6. The van der Waals surface area contributed by atoms with Gasteiger partial charge in [-0.05, 0) is 27.2 Å². The average Bonchev–Trinajstić information content (AvgIpc) is 2.75. The van der Waals surface area contributed by atoms with Crippen LogP contribution >= 0.6 is 0 Å². The zero-order valence-electron chi connectivity index (χ0n) is 11.1. The molecule has 0 aromatic carbocycles. The van der Waals surface area contributed by atoms with Crippen molar-refractivity contribution in [3.63, 3.8) is 0 Å². The van der Waals surface area contributed by atoms with E-state index in [2.05, 4.69) is 10.3 Å². The van der Waals surface area contributed by atoms with Crippen LogP contribution in [-0.2, 0) is 4.74 Å². The lowest BCUT2D eigenvalue weighted by molar-refractivity contribution is 0.0385. The van der Waals surface area contributed by atoms with Gasteiger partial charge < -0.3 is 19.6 Å². The minimum absolute atomic E-state index is 0.179. The van der Waals surface area contributed by atoms with Gasteiger partial charge in [0.25, 0.3) is 0 Å². The number of nitrogens with one attached hydrogen (secondary N) is 1. The van der Waals surface area contributed by atoms with Gasteiger partial charge in [-0.25, -0.2) is 9.78 Å². The molecule has 0 bridgehead atoms. The van der Waals surface area contributed by atoms with E-state index in [1.54, 1.807) is 20.8 Å². The van der Waals surface area contributed by atoms with E-state index in [1.807, 2.05) is 6.92 Å². The van der Waals surface area contributed by atoms with E-state index in [0.29, 0.717) is 6.42 Å². The molecule has 2 N–H and O–H groups in total. The molecular formula is C12H20N2O4. The molecule has 0 spiro atoms. The predicted octanol–water partition coefficient (Wildman–Crippen LogP) is 2.01. The van der Waals surface area contributed by atoms with Crippen molar-refractivity contribution in [3.05, 3.63) is 18.4 Å². The number of hydrogen-bond acceptors (Lipinski definition) is 5. The first-order valence-electron chi connectivity index (χ1n) is 5.90. The van der Waals surface area contributed by atoms with Gasteiger partial charge >= 0.3 is 6.09 Å². The summed E-state index contributed by atoms with van der Waals surface area (Å²) < 4.78 is 10.1. The Labute approximate surface area is 106 Å². The number of carbonyl (C=O) groups excluding carboxylic acids is 1. The van der Waals surface area contributed by atoms with Crippen LogP contribution in [-0.4, -0.2) is 27.8 Å². The van der Waals surface area contributed by atoms with E-state index in [1.165, 1.54) is 12.5 Å². The van der Waals surface area contributed by atoms with Crippen LogP contribution in [0.4, 0.5) is 4.79 Å². The van der Waals surface area contributed by atoms with Gasteiger partial charge in [-0.3, -0.25) is 0 Å². The minimum Gasteiger partial charge on any atom is -0.446 e. The number of aliphatic hydroxyl groups is 1. The van der Waals surface area contributed by atoms with Crippen LogP contribution in [0.15, 0.2) is 16.9 Å². The van der Waals surface area contributed by atoms with Crippen LogP contribution in [0.2, 0.25) is 0 Å². The number of alkyl carbamates (subject to hydrolysis) is 1. The number of oxazole rings is 1. The Hall–Kier alpha value is -1.56. The Bertz CT molecular complexity index is 370. The number of ether oxygens (including phenoxy) is 1. The maximum Gasteiger partial charge on any atom is 0.407 e. The van der Waals surface area contributed by atoms with E-state index in [4.69, 9.17) is 9.15 Å². The highest BCUT2D eigenvalue weighted by Gasteiger charge is 2.26. The van der Waals surface area contributed by atoms with Crippen LogP contribution < -0.4 is 5.32 Å². The molecule has 1 aromatic heterocycles. The van der Waals surface area contributed by atoms with Crippen LogP contribution in [0.1, 0.15) is 46.1 Å². The number of aromatic nitrogens is 1. The highest BCUT2D eigenvalue weighted by atomic mass is 16.6. The molecule has 0 aliphatic carbocycles. The van der Waals surface area contributed by atoms with Crippen molar-refractivity contribution in [2.45, 2.75) is 51.9 Å². The third-order valence-electron chi connectivity index (χ3n) is 2.23. The summed E-state index contributed by atoms with van der Waals surface area (Å²) in [6.07, 6.45) is 1.79. The lowest BCUT2D eigenvalue weighted by Gasteiger charge is -2.24. The van der Waals surface area contributed by atoms with Crippen molar-refractivity contribution >= 4 is 6.09 Å². The van der Waals surface area contributed by atoms with Gasteiger partial charge in [0.15, 0.2) is 6.10 Å². The first kappa shape index (κ1) is 14.5. The Kier molecular flexibility index (Phi) is 4.72. The topological polar surface area (TPSA) is 84.6 Å². The number of amides is 1. The molecule has 0 saturated carbocycles. The standard InChI is InChI=1S/C12H20N2O4/c1-5-8(9(15)10-13-6-7-17-10)14-11(16)18-12(2,3)4/h6-9,15H,5H2,1-4H3,(H,14,16). The van der Waals surface area contributed by atoms with Crippen LogP contribution in [0.3, 0.4) is 0 Å². The zero-order valence-corrected chi connectivity index (χ0v) is 11.1. The molecule has 0 saturated heterocycles. The van der Waals surface area contributed by atoms with Crippen LogP contribution in [0.25, 0.3) is 0 Å². The minimum atomic E-state index is -0.988. The van der Waals surface area contributed by atoms with Crippen molar-refractivity contribution in [1.29, 1.82) is 0 Å². The van der Waals surface area contributed by atoms with Crippen molar-refractivity contribution in [3.8, 4) is 0 Å². The third-order valence-corrected chi connectivity index (χ3v) is 2.23. The van der Waals surface area contributed by atoms with Crippen molar-refractivity contribution < 1.29 is 19.1 Å². The van der Waals surface area contributed by atoms with Crippen molar-refractivity contribution in [2.75, 3.05) is 0 Å². The van der Waals surface area contributed by atoms with Gasteiger partial charge in [-0.2, -0.15) is 0 Å². The molecule has 1 rings (SSSR count). The molecule has 102 valence electrons. The fraction of sp³-hybridized carbons (Fsp3) is 0.667. The SMILES string of the molecule is CCC(NC(=O)OC(C)(C)C)C(O)c1ncco1. The first-order chi connectivity index (χ1) is 8.33. The number of nitrogens with zero attached hydrogens (tertiary/aromatic N) is 1. The average molecular weight is 256 g/mol. The lowest BCUT2D eigenvalue weighted by Crippen LogP contribution is -2.42. The summed E-state index contributed by atoms with van der Waals surface area (Å²) in [5, 5.41) is 12.6. The second-order valence-corrected chi connectivity index (χ2v) is 4.98. The van der Waals surface area contributed by atoms with Crippen LogP contribution in [0.5, 0.6) is 0 Å². The predicted molar refractivity (Wildman–Crippen MR) is 64.9 cm³/mol. The monoisotopic (exact) mass is 256 g/mol. The molecule has 6 nitrogen and oxygen atoms in total. The Balaban J connectivity index is 2.59. The maximum atomic E-state index is 11.6. The summed E-state index contributed by atoms with van der Waals surface area (Å²) >= 11 is 0. The number of hydrogen-bond donors (Lipinski definition) is 2. The first-order valence-corrected chi connectivity index (χ1v) is 5.90. The van der Waals surface area contributed by atoms with Gasteiger partial charge in [0, 0.05) is 0 Å². The van der Waals surface area contributed by atoms with Crippen LogP contribution in [0, 0.1) is 0 Å². The summed E-state index contributed by atoms with van der Waals surface area (Å²) in [6, 6.07) is -0.501. The second-order valence-electron chi connectivity index (χ2n) is 4.98. The zero-order chi connectivity index (χ0) is 13.8. The van der Waals surface area contributed by atoms with E-state index in [9.17, 15) is 9.90 Å². The third kappa shape index (κ3) is 4.37. The molecule has 2 unspecified atom stereocenters. The quantitative estimate of drug-likeness (QED) is 0.860. The number of carbonyl (C=O) groups is 1. The lowest BCUT2D eigenvalue weighted by atomic mass is 10.1. The smallest absolute Gasteiger partial charge is 0.407 e. The summed E-state index contributed by atoms with van der Waals surface area (Å²) in [4.78, 5) is 15.5. The molecule has 1 heterocycles. The highest BCUT2D eigenvalue weighted by molar-refractivity contribution is 5.68. The van der Waals surface area contributed by atoms with Crippen molar-refractivity contribution in [2.24, 2.45) is 0 Å². The summed E-state index contributed by atoms with van der Waals surface area (Å²) in [5.74, 6) is 0.179. The number of aliphatic hydroxyl groups excluding tert-OH is 1. The Morgan fingerprint density at radius 1 is 1.61 bits per heavy atom. The molecule has 2 atom stereocenters. The summed E-state index contributed by atoms with van der Waals surface area (Å²) in [5.41, 5.74) is -0.573. The van der Waals surface area contributed by atoms with E-state index < -0.39 is 23.8 Å². The van der Waals surface area contributed by atoms with E-state index in [0.717, 1.165) is 0 Å². The summed E-state index contributed by atoms with van der Waals surface area (Å²) in [7, 11) is 0. The Morgan fingerprint density at radius 2 is 2.28 bits per heavy atom. The number of rotatable bonds is 4. The van der Waals surface area contributed by atoms with Gasteiger partial charge in [-0.1, -0.05) is 6.92 Å².